The van der Waals surface area contributed by atoms with E-state index in [1.54, 1.807) is 13.4 Å². The predicted molar refractivity (Wildman–Crippen MR) is 78.9 cm³/mol. The zero-order valence-corrected chi connectivity index (χ0v) is 12.8. The van der Waals surface area contributed by atoms with Crippen LogP contribution in [0.4, 0.5) is 0 Å². The molecule has 1 aromatic rings. The summed E-state index contributed by atoms with van der Waals surface area (Å²) in [5.74, 6) is 1.35. The molecule has 0 N–H and O–H groups in total. The summed E-state index contributed by atoms with van der Waals surface area (Å²) < 4.78 is 11.0. The predicted octanol–water partition coefficient (Wildman–Crippen LogP) is 1.39. The molecule has 1 aromatic heterocycles. The fourth-order valence-corrected chi connectivity index (χ4v) is 3.76. The second-order valence-corrected chi connectivity index (χ2v) is 5.99. The molecule has 3 atom stereocenters. The average Bonchev–Trinajstić information content (AvgIpc) is 3.14. The number of carbonyl (C=O) groups excluding carboxylic acids is 1. The molecule has 2 aliphatic heterocycles. The van der Waals surface area contributed by atoms with E-state index in [1.807, 2.05) is 12.1 Å². The highest BCUT2D eigenvalue weighted by Crippen LogP contribution is 2.32. The number of likely N-dealkylation sites (tertiary alicyclic amines) is 2. The highest BCUT2D eigenvalue weighted by atomic mass is 16.5. The molecule has 5 nitrogen and oxygen atoms in total. The van der Waals surface area contributed by atoms with E-state index < -0.39 is 0 Å². The highest BCUT2D eigenvalue weighted by molar-refractivity contribution is 5.78. The SMILES string of the molecule is CCN1C[C@H]2[C@@H](C1)N(C(=O)Cc1ccco1)CC[C@H]2OC. The number of hydrogen-bond acceptors (Lipinski definition) is 4. The Morgan fingerprint density at radius 1 is 1.48 bits per heavy atom. The van der Waals surface area contributed by atoms with Crippen molar-refractivity contribution in [2.45, 2.75) is 31.9 Å². The van der Waals surface area contributed by atoms with Gasteiger partial charge in [-0.25, -0.2) is 0 Å². The van der Waals surface area contributed by atoms with Gasteiger partial charge in [-0.05, 0) is 25.1 Å². The van der Waals surface area contributed by atoms with Crippen LogP contribution >= 0.6 is 0 Å². The Morgan fingerprint density at radius 2 is 2.33 bits per heavy atom. The number of nitrogens with zero attached hydrogens (tertiary/aromatic N) is 2. The number of methoxy groups -OCH3 is 1. The second-order valence-electron chi connectivity index (χ2n) is 5.99. The maximum absolute atomic E-state index is 12.6. The third kappa shape index (κ3) is 2.85. The molecule has 0 radical (unpaired) electrons. The Morgan fingerprint density at radius 3 is 3.00 bits per heavy atom. The van der Waals surface area contributed by atoms with E-state index in [1.165, 1.54) is 0 Å². The van der Waals surface area contributed by atoms with E-state index in [-0.39, 0.29) is 18.1 Å². The Kier molecular flexibility index (Phi) is 4.31. The number of fused-ring (bicyclic) bond motifs is 1. The molecule has 0 saturated carbocycles. The van der Waals surface area contributed by atoms with Crippen molar-refractivity contribution in [3.63, 3.8) is 0 Å². The van der Waals surface area contributed by atoms with E-state index in [9.17, 15) is 4.79 Å². The van der Waals surface area contributed by atoms with Crippen molar-refractivity contribution in [3.8, 4) is 0 Å². The number of amides is 1. The Hall–Kier alpha value is -1.33. The van der Waals surface area contributed by atoms with Gasteiger partial charge in [0.25, 0.3) is 0 Å². The maximum Gasteiger partial charge on any atom is 0.230 e. The van der Waals surface area contributed by atoms with Crippen molar-refractivity contribution in [1.82, 2.24) is 9.80 Å². The van der Waals surface area contributed by atoms with Crippen LogP contribution in [0.25, 0.3) is 0 Å². The van der Waals surface area contributed by atoms with Crippen LogP contribution in [0.2, 0.25) is 0 Å². The van der Waals surface area contributed by atoms with Crippen LogP contribution in [0.15, 0.2) is 22.8 Å². The minimum absolute atomic E-state index is 0.174. The molecule has 3 rings (SSSR count). The van der Waals surface area contributed by atoms with Crippen molar-refractivity contribution in [1.29, 1.82) is 0 Å². The molecule has 5 heteroatoms. The molecule has 2 saturated heterocycles. The topological polar surface area (TPSA) is 45.9 Å². The smallest absolute Gasteiger partial charge is 0.230 e. The molecule has 2 aliphatic rings. The first-order chi connectivity index (χ1) is 10.2. The summed E-state index contributed by atoms with van der Waals surface area (Å²) in [5, 5.41) is 0. The number of rotatable bonds is 4. The van der Waals surface area contributed by atoms with Crippen molar-refractivity contribution in [2.75, 3.05) is 33.3 Å². The summed E-state index contributed by atoms with van der Waals surface area (Å²) in [7, 11) is 1.79. The lowest BCUT2D eigenvalue weighted by molar-refractivity contribution is -0.138. The molecule has 0 unspecified atom stereocenters. The lowest BCUT2D eigenvalue weighted by Gasteiger charge is -2.41. The monoisotopic (exact) mass is 292 g/mol. The molecular formula is C16H24N2O3. The molecule has 21 heavy (non-hydrogen) atoms. The zero-order chi connectivity index (χ0) is 14.8. The van der Waals surface area contributed by atoms with E-state index in [2.05, 4.69) is 16.7 Å². The van der Waals surface area contributed by atoms with Crippen molar-refractivity contribution >= 4 is 5.91 Å². The number of piperidine rings is 1. The fraction of sp³-hybridized carbons (Fsp3) is 0.688. The van der Waals surface area contributed by atoms with Gasteiger partial charge in [-0.2, -0.15) is 0 Å². The lowest BCUT2D eigenvalue weighted by atomic mass is 9.88. The van der Waals surface area contributed by atoms with E-state index >= 15 is 0 Å². The molecule has 0 aliphatic carbocycles. The summed E-state index contributed by atoms with van der Waals surface area (Å²) in [6.07, 6.45) is 3.19. The van der Waals surface area contributed by atoms with Crippen molar-refractivity contribution < 1.29 is 13.9 Å². The quantitative estimate of drug-likeness (QED) is 0.841. The Labute approximate surface area is 125 Å². The summed E-state index contributed by atoms with van der Waals surface area (Å²) in [6, 6.07) is 3.98. The van der Waals surface area contributed by atoms with Gasteiger partial charge in [-0.15, -0.1) is 0 Å². The largest absolute Gasteiger partial charge is 0.469 e. The van der Waals surface area contributed by atoms with Crippen LogP contribution in [-0.4, -0.2) is 61.1 Å². The first kappa shape index (κ1) is 14.6. The molecule has 1 amide bonds. The number of likely N-dealkylation sites (N-methyl/N-ethyl adjacent to an activating group) is 1. The first-order valence-corrected chi connectivity index (χ1v) is 7.80. The molecule has 0 spiro atoms. The number of hydrogen-bond donors (Lipinski definition) is 0. The van der Waals surface area contributed by atoms with Crippen LogP contribution in [0.3, 0.4) is 0 Å². The highest BCUT2D eigenvalue weighted by Gasteiger charge is 2.45. The van der Waals surface area contributed by atoms with Gasteiger partial charge in [0, 0.05) is 32.7 Å². The first-order valence-electron chi connectivity index (χ1n) is 7.80. The van der Waals surface area contributed by atoms with Gasteiger partial charge in [-0.1, -0.05) is 6.92 Å². The van der Waals surface area contributed by atoms with E-state index in [0.29, 0.717) is 12.3 Å². The number of carbonyl (C=O) groups is 1. The minimum atomic E-state index is 0.174. The average molecular weight is 292 g/mol. The number of ether oxygens (including phenoxy) is 1. The van der Waals surface area contributed by atoms with Gasteiger partial charge in [0.1, 0.15) is 5.76 Å². The summed E-state index contributed by atoms with van der Waals surface area (Å²) in [6.45, 7) is 5.99. The second kappa shape index (κ2) is 6.20. The maximum atomic E-state index is 12.6. The standard InChI is InChI=1S/C16H24N2O3/c1-3-17-10-13-14(11-17)18(7-6-15(13)20-2)16(19)9-12-5-4-8-21-12/h4-5,8,13-15H,3,6-7,9-11H2,1-2H3/t13-,14+,15+/m0/s1. The van der Waals surface area contributed by atoms with Gasteiger partial charge in [0.2, 0.25) is 5.91 Å². The van der Waals surface area contributed by atoms with Crippen LogP contribution in [0.1, 0.15) is 19.1 Å². The molecule has 3 heterocycles. The molecular weight excluding hydrogens is 268 g/mol. The number of furan rings is 1. The van der Waals surface area contributed by atoms with E-state index in [4.69, 9.17) is 9.15 Å². The zero-order valence-electron chi connectivity index (χ0n) is 12.8. The summed E-state index contributed by atoms with van der Waals surface area (Å²) in [4.78, 5) is 17.1. The van der Waals surface area contributed by atoms with Gasteiger partial charge in [0.15, 0.2) is 0 Å². The third-order valence-corrected chi connectivity index (χ3v) is 4.92. The van der Waals surface area contributed by atoms with Gasteiger partial charge >= 0.3 is 0 Å². The summed E-state index contributed by atoms with van der Waals surface area (Å²) >= 11 is 0. The van der Waals surface area contributed by atoms with Gasteiger partial charge < -0.3 is 19.0 Å². The van der Waals surface area contributed by atoms with Crippen LogP contribution in [-0.2, 0) is 16.0 Å². The van der Waals surface area contributed by atoms with Crippen LogP contribution < -0.4 is 0 Å². The molecule has 0 aromatic carbocycles. The molecule has 0 bridgehead atoms. The minimum Gasteiger partial charge on any atom is -0.469 e. The third-order valence-electron chi connectivity index (χ3n) is 4.92. The van der Waals surface area contributed by atoms with Gasteiger partial charge in [0.05, 0.1) is 24.8 Å². The Bertz CT molecular complexity index is 474. The van der Waals surface area contributed by atoms with Crippen molar-refractivity contribution in [2.24, 2.45) is 5.92 Å². The summed E-state index contributed by atoms with van der Waals surface area (Å²) in [5.41, 5.74) is 0. The molecule has 2 fully saturated rings. The molecule has 116 valence electrons. The fourth-order valence-electron chi connectivity index (χ4n) is 3.76. The van der Waals surface area contributed by atoms with Crippen LogP contribution in [0.5, 0.6) is 0 Å². The Balaban J connectivity index is 1.72. The van der Waals surface area contributed by atoms with Crippen LogP contribution in [0, 0.1) is 5.92 Å². The van der Waals surface area contributed by atoms with Crippen molar-refractivity contribution in [3.05, 3.63) is 24.2 Å². The lowest BCUT2D eigenvalue weighted by Crippen LogP contribution is -2.54. The van der Waals surface area contributed by atoms with E-state index in [0.717, 1.165) is 38.4 Å². The normalized spacial score (nSPS) is 29.6. The van der Waals surface area contributed by atoms with Gasteiger partial charge in [-0.3, -0.25) is 4.79 Å².